The summed E-state index contributed by atoms with van der Waals surface area (Å²) in [7, 11) is 0. The molecule has 2 bridgehead atoms. The summed E-state index contributed by atoms with van der Waals surface area (Å²) in [5.74, 6) is -0.349. The molecule has 18 heavy (non-hydrogen) atoms. The van der Waals surface area contributed by atoms with E-state index < -0.39 is 0 Å². The lowest BCUT2D eigenvalue weighted by Gasteiger charge is -2.30. The molecule has 1 aliphatic heterocycles. The van der Waals surface area contributed by atoms with E-state index in [1.165, 1.54) is 4.90 Å². The van der Waals surface area contributed by atoms with E-state index in [9.17, 15) is 9.59 Å². The van der Waals surface area contributed by atoms with Crippen LogP contribution in [0.5, 0.6) is 0 Å². The molecule has 2 amide bonds. The number of fused-ring (bicyclic) bond motifs is 2. The fraction of sp³-hybridized carbons (Fsp3) is 0.385. The third-order valence-corrected chi connectivity index (χ3v) is 4.10. The number of amides is 2. The van der Waals surface area contributed by atoms with Gasteiger partial charge in [-0.05, 0) is 37.5 Å². The Kier molecular flexibility index (Phi) is 2.55. The average Bonchev–Trinajstić information content (AvgIpc) is 2.78. The highest BCUT2D eigenvalue weighted by Gasteiger charge is 2.46. The second kappa shape index (κ2) is 3.99. The minimum atomic E-state index is -0.138. The number of imide groups is 1. The summed E-state index contributed by atoms with van der Waals surface area (Å²) in [5.41, 5.74) is 6.62. The molecule has 0 spiro atoms. The lowest BCUT2D eigenvalue weighted by Crippen LogP contribution is -2.46. The zero-order valence-electron chi connectivity index (χ0n) is 9.73. The van der Waals surface area contributed by atoms with Gasteiger partial charge in [0, 0.05) is 17.5 Å². The van der Waals surface area contributed by atoms with E-state index in [2.05, 4.69) is 0 Å². The van der Waals surface area contributed by atoms with Crippen LogP contribution in [0, 0.1) is 11.8 Å². The van der Waals surface area contributed by atoms with Gasteiger partial charge in [-0.15, -0.1) is 0 Å². The smallest absolute Gasteiger partial charge is 0.236 e. The van der Waals surface area contributed by atoms with Crippen molar-refractivity contribution in [3.8, 4) is 0 Å². The summed E-state index contributed by atoms with van der Waals surface area (Å²) < 4.78 is 0. The zero-order chi connectivity index (χ0) is 12.9. The largest absolute Gasteiger partial charge is 0.399 e. The minimum Gasteiger partial charge on any atom is -0.399 e. The molecule has 5 heteroatoms. The van der Waals surface area contributed by atoms with Gasteiger partial charge in [0.15, 0.2) is 0 Å². The van der Waals surface area contributed by atoms with Gasteiger partial charge in [-0.3, -0.25) is 9.59 Å². The number of nitrogens with zero attached hydrogens (tertiary/aromatic N) is 1. The van der Waals surface area contributed by atoms with E-state index in [4.69, 9.17) is 17.3 Å². The van der Waals surface area contributed by atoms with Crippen LogP contribution in [-0.4, -0.2) is 11.8 Å². The Balaban J connectivity index is 2.07. The van der Waals surface area contributed by atoms with E-state index in [1.807, 2.05) is 0 Å². The van der Waals surface area contributed by atoms with Crippen LogP contribution in [0.25, 0.3) is 0 Å². The monoisotopic (exact) mass is 264 g/mol. The van der Waals surface area contributed by atoms with Gasteiger partial charge in [0.05, 0.1) is 10.7 Å². The summed E-state index contributed by atoms with van der Waals surface area (Å²) in [6.45, 7) is 0. The van der Waals surface area contributed by atoms with Gasteiger partial charge in [0.2, 0.25) is 11.8 Å². The summed E-state index contributed by atoms with van der Waals surface area (Å²) >= 11 is 6.07. The fourth-order valence-electron chi connectivity index (χ4n) is 2.84. The number of rotatable bonds is 1. The summed E-state index contributed by atoms with van der Waals surface area (Å²) in [4.78, 5) is 25.8. The molecule has 2 atom stereocenters. The Labute approximate surface area is 110 Å². The molecule has 2 aliphatic rings. The molecule has 94 valence electrons. The molecule has 2 unspecified atom stereocenters. The normalized spacial score (nSPS) is 26.8. The SMILES string of the molecule is Nc1ccc(Cl)c(N2C(=O)C3CCC(C3)C2=O)c1. The summed E-state index contributed by atoms with van der Waals surface area (Å²) in [6.07, 6.45) is 2.28. The van der Waals surface area contributed by atoms with Crippen LogP contribution in [0.3, 0.4) is 0 Å². The fourth-order valence-corrected chi connectivity index (χ4v) is 3.04. The van der Waals surface area contributed by atoms with Crippen LogP contribution in [0.2, 0.25) is 5.02 Å². The first-order chi connectivity index (χ1) is 8.58. The van der Waals surface area contributed by atoms with E-state index in [-0.39, 0.29) is 23.7 Å². The molecule has 2 N–H and O–H groups in total. The Hall–Kier alpha value is -1.55. The van der Waals surface area contributed by atoms with Crippen LogP contribution >= 0.6 is 11.6 Å². The first-order valence-corrected chi connectivity index (χ1v) is 6.38. The third-order valence-electron chi connectivity index (χ3n) is 3.78. The topological polar surface area (TPSA) is 63.4 Å². The number of benzene rings is 1. The van der Waals surface area contributed by atoms with Gasteiger partial charge in [-0.1, -0.05) is 11.6 Å². The van der Waals surface area contributed by atoms with E-state index >= 15 is 0 Å². The predicted molar refractivity (Wildman–Crippen MR) is 69.2 cm³/mol. The molecule has 0 aromatic heterocycles. The molecule has 1 aromatic carbocycles. The Morgan fingerprint density at radius 1 is 1.17 bits per heavy atom. The Morgan fingerprint density at radius 3 is 2.39 bits per heavy atom. The van der Waals surface area contributed by atoms with Crippen molar-refractivity contribution in [2.24, 2.45) is 11.8 Å². The second-order valence-electron chi connectivity index (χ2n) is 4.93. The molecular weight excluding hydrogens is 252 g/mol. The zero-order valence-corrected chi connectivity index (χ0v) is 10.5. The summed E-state index contributed by atoms with van der Waals surface area (Å²) in [5, 5.41) is 0.382. The number of carbonyl (C=O) groups excluding carboxylic acids is 2. The molecule has 1 aliphatic carbocycles. The molecule has 3 rings (SSSR count). The molecule has 2 fully saturated rings. The lowest BCUT2D eigenvalue weighted by atomic mass is 9.96. The van der Waals surface area contributed by atoms with Crippen molar-refractivity contribution in [2.75, 3.05) is 10.6 Å². The molecule has 1 aromatic rings. The molecule has 0 radical (unpaired) electrons. The Morgan fingerprint density at radius 2 is 1.78 bits per heavy atom. The van der Waals surface area contributed by atoms with Gasteiger partial charge < -0.3 is 5.73 Å². The van der Waals surface area contributed by atoms with Crippen LogP contribution in [0.15, 0.2) is 18.2 Å². The number of anilines is 2. The molecule has 1 saturated heterocycles. The van der Waals surface area contributed by atoms with Gasteiger partial charge in [0.25, 0.3) is 0 Å². The van der Waals surface area contributed by atoms with Crippen molar-refractivity contribution >= 4 is 34.8 Å². The highest BCUT2D eigenvalue weighted by Crippen LogP contribution is 2.41. The molecule has 1 saturated carbocycles. The quantitative estimate of drug-likeness (QED) is 0.625. The van der Waals surface area contributed by atoms with Gasteiger partial charge >= 0.3 is 0 Å². The van der Waals surface area contributed by atoms with Crippen molar-refractivity contribution in [1.82, 2.24) is 0 Å². The highest BCUT2D eigenvalue weighted by atomic mass is 35.5. The van der Waals surface area contributed by atoms with Crippen molar-refractivity contribution in [1.29, 1.82) is 0 Å². The number of halogens is 1. The standard InChI is InChI=1S/C13H13ClN2O2/c14-10-4-3-9(15)6-11(10)16-12(17)7-1-2-8(5-7)13(16)18/h3-4,6-8H,1-2,5,15H2. The maximum absolute atomic E-state index is 12.3. The maximum Gasteiger partial charge on any atom is 0.236 e. The first kappa shape index (κ1) is 11.5. The first-order valence-electron chi connectivity index (χ1n) is 6.01. The number of nitrogens with two attached hydrogens (primary N) is 1. The van der Waals surface area contributed by atoms with Crippen molar-refractivity contribution in [2.45, 2.75) is 19.3 Å². The van der Waals surface area contributed by atoms with Gasteiger partial charge in [-0.25, -0.2) is 4.90 Å². The van der Waals surface area contributed by atoms with Crippen molar-refractivity contribution < 1.29 is 9.59 Å². The number of hydrogen-bond donors (Lipinski definition) is 1. The van der Waals surface area contributed by atoms with Crippen LogP contribution in [0.4, 0.5) is 11.4 Å². The number of hydrogen-bond acceptors (Lipinski definition) is 3. The van der Waals surface area contributed by atoms with Crippen LogP contribution in [0.1, 0.15) is 19.3 Å². The highest BCUT2D eigenvalue weighted by molar-refractivity contribution is 6.35. The van der Waals surface area contributed by atoms with Crippen molar-refractivity contribution in [3.05, 3.63) is 23.2 Å². The predicted octanol–water partition coefficient (Wildman–Crippen LogP) is 2.21. The Bertz CT molecular complexity index is 522. The van der Waals surface area contributed by atoms with Crippen LogP contribution < -0.4 is 10.6 Å². The number of carbonyl (C=O) groups is 2. The van der Waals surface area contributed by atoms with E-state index in [0.29, 0.717) is 22.8 Å². The van der Waals surface area contributed by atoms with E-state index in [0.717, 1.165) is 12.8 Å². The average molecular weight is 265 g/mol. The lowest BCUT2D eigenvalue weighted by molar-refractivity contribution is -0.132. The van der Waals surface area contributed by atoms with Gasteiger partial charge in [0.1, 0.15) is 0 Å². The molecule has 1 heterocycles. The van der Waals surface area contributed by atoms with E-state index in [1.54, 1.807) is 18.2 Å². The minimum absolute atomic E-state index is 0.0369. The van der Waals surface area contributed by atoms with Crippen molar-refractivity contribution in [3.63, 3.8) is 0 Å². The van der Waals surface area contributed by atoms with Gasteiger partial charge in [-0.2, -0.15) is 0 Å². The third kappa shape index (κ3) is 1.60. The molecule has 4 nitrogen and oxygen atoms in total. The summed E-state index contributed by atoms with van der Waals surface area (Å²) in [6, 6.07) is 4.85. The number of nitrogen functional groups attached to an aromatic ring is 1. The van der Waals surface area contributed by atoms with Crippen LogP contribution in [-0.2, 0) is 9.59 Å². The number of piperidine rings is 1. The second-order valence-corrected chi connectivity index (χ2v) is 5.34. The molecular formula is C13H13ClN2O2. The maximum atomic E-state index is 12.3.